The number of nitrogens with one attached hydrogen (secondary N) is 2. The van der Waals surface area contributed by atoms with Crippen LogP contribution in [0.2, 0.25) is 10.0 Å². The zero-order valence-corrected chi connectivity index (χ0v) is 18.9. The highest BCUT2D eigenvalue weighted by Crippen LogP contribution is 2.28. The first-order valence-corrected chi connectivity index (χ1v) is 11.0. The van der Waals surface area contributed by atoms with E-state index in [1.54, 1.807) is 12.1 Å². The molecule has 1 saturated carbocycles. The van der Waals surface area contributed by atoms with Gasteiger partial charge in [-0.1, -0.05) is 29.3 Å². The van der Waals surface area contributed by atoms with Crippen LogP contribution in [-0.2, 0) is 22.3 Å². The van der Waals surface area contributed by atoms with E-state index in [2.05, 4.69) is 15.6 Å². The van der Waals surface area contributed by atoms with Gasteiger partial charge in [-0.05, 0) is 49.4 Å². The molecule has 1 fully saturated rings. The van der Waals surface area contributed by atoms with Gasteiger partial charge in [-0.2, -0.15) is 13.2 Å². The van der Waals surface area contributed by atoms with Gasteiger partial charge >= 0.3 is 6.18 Å². The van der Waals surface area contributed by atoms with E-state index >= 15 is 0 Å². The van der Waals surface area contributed by atoms with Gasteiger partial charge in [0.15, 0.2) is 6.61 Å². The summed E-state index contributed by atoms with van der Waals surface area (Å²) in [6.45, 7) is -0.0633. The van der Waals surface area contributed by atoms with Crippen molar-refractivity contribution >= 4 is 35.0 Å². The number of halogens is 5. The Morgan fingerprint density at radius 2 is 1.79 bits per heavy atom. The van der Waals surface area contributed by atoms with Crippen molar-refractivity contribution in [3.63, 3.8) is 0 Å². The average Bonchev–Trinajstić information content (AvgIpc) is 2.78. The lowest BCUT2D eigenvalue weighted by Gasteiger charge is -2.28. The summed E-state index contributed by atoms with van der Waals surface area (Å²) in [7, 11) is 0. The Hall–Kier alpha value is -2.52. The SMILES string of the molecule is O=C(COc1ccc(Cl)c(Cl)c1)NC1CCC(C(=O)NCc2ccc(C(F)(F)F)nc2)CC1. The second-order valence-corrected chi connectivity index (χ2v) is 8.56. The van der Waals surface area contributed by atoms with Gasteiger partial charge in [-0.25, -0.2) is 0 Å². The van der Waals surface area contributed by atoms with Crippen molar-refractivity contribution in [3.05, 3.63) is 57.8 Å². The van der Waals surface area contributed by atoms with Gasteiger partial charge in [0.1, 0.15) is 11.4 Å². The lowest BCUT2D eigenvalue weighted by Crippen LogP contribution is -2.42. The van der Waals surface area contributed by atoms with Gasteiger partial charge in [-0.15, -0.1) is 0 Å². The van der Waals surface area contributed by atoms with Crippen LogP contribution in [0.1, 0.15) is 36.9 Å². The number of aromatic nitrogens is 1. The highest BCUT2D eigenvalue weighted by atomic mass is 35.5. The molecule has 33 heavy (non-hydrogen) atoms. The minimum absolute atomic E-state index is 0.0573. The molecule has 1 aliphatic carbocycles. The molecule has 0 radical (unpaired) electrons. The monoisotopic (exact) mass is 503 g/mol. The van der Waals surface area contributed by atoms with Crippen molar-refractivity contribution in [1.29, 1.82) is 0 Å². The molecule has 0 atom stereocenters. The van der Waals surface area contributed by atoms with Gasteiger partial charge in [-0.3, -0.25) is 14.6 Å². The van der Waals surface area contributed by atoms with E-state index in [0.717, 1.165) is 12.3 Å². The summed E-state index contributed by atoms with van der Waals surface area (Å²) in [6, 6.07) is 6.85. The van der Waals surface area contributed by atoms with E-state index in [0.29, 0.717) is 47.0 Å². The fraction of sp³-hybridized carbons (Fsp3) is 0.409. The molecule has 178 valence electrons. The van der Waals surface area contributed by atoms with Gasteiger partial charge in [0, 0.05) is 30.8 Å². The topological polar surface area (TPSA) is 80.3 Å². The number of benzene rings is 1. The third kappa shape index (κ3) is 7.50. The first-order valence-electron chi connectivity index (χ1n) is 10.3. The molecule has 0 bridgehead atoms. The molecular weight excluding hydrogens is 482 g/mol. The molecule has 2 aromatic rings. The molecule has 0 aliphatic heterocycles. The first kappa shape index (κ1) is 25.1. The van der Waals surface area contributed by atoms with Crippen molar-refractivity contribution in [1.82, 2.24) is 15.6 Å². The van der Waals surface area contributed by atoms with Crippen LogP contribution in [0.5, 0.6) is 5.75 Å². The summed E-state index contributed by atoms with van der Waals surface area (Å²) in [5, 5.41) is 6.36. The van der Waals surface area contributed by atoms with Crippen molar-refractivity contribution < 1.29 is 27.5 Å². The number of rotatable bonds is 7. The number of carbonyl (C=O) groups is 2. The van der Waals surface area contributed by atoms with Gasteiger partial charge in [0.2, 0.25) is 5.91 Å². The highest BCUT2D eigenvalue weighted by molar-refractivity contribution is 6.42. The van der Waals surface area contributed by atoms with Crippen molar-refractivity contribution in [2.24, 2.45) is 5.92 Å². The van der Waals surface area contributed by atoms with Gasteiger partial charge < -0.3 is 15.4 Å². The number of hydrogen-bond acceptors (Lipinski definition) is 4. The van der Waals surface area contributed by atoms with E-state index in [9.17, 15) is 22.8 Å². The maximum Gasteiger partial charge on any atom is 0.433 e. The Bertz CT molecular complexity index is 979. The molecule has 1 aromatic carbocycles. The van der Waals surface area contributed by atoms with Crippen molar-refractivity contribution in [3.8, 4) is 5.75 Å². The number of ether oxygens (including phenoxy) is 1. The van der Waals surface area contributed by atoms with Crippen LogP contribution in [0.3, 0.4) is 0 Å². The van der Waals surface area contributed by atoms with Crippen LogP contribution in [-0.4, -0.2) is 29.4 Å². The molecule has 0 unspecified atom stereocenters. The van der Waals surface area contributed by atoms with E-state index in [1.807, 2.05) is 0 Å². The third-order valence-corrected chi connectivity index (χ3v) is 6.05. The molecule has 6 nitrogen and oxygen atoms in total. The van der Waals surface area contributed by atoms with Gasteiger partial charge in [0.25, 0.3) is 5.91 Å². The first-order chi connectivity index (χ1) is 15.6. The van der Waals surface area contributed by atoms with Crippen LogP contribution in [0.4, 0.5) is 13.2 Å². The smallest absolute Gasteiger partial charge is 0.433 e. The predicted molar refractivity (Wildman–Crippen MR) is 117 cm³/mol. The Labute approximate surface area is 198 Å². The van der Waals surface area contributed by atoms with Crippen molar-refractivity contribution in [2.45, 2.75) is 44.4 Å². The minimum Gasteiger partial charge on any atom is -0.484 e. The zero-order chi connectivity index (χ0) is 24.0. The largest absolute Gasteiger partial charge is 0.484 e. The van der Waals surface area contributed by atoms with Crippen LogP contribution in [0.15, 0.2) is 36.5 Å². The van der Waals surface area contributed by atoms with Gasteiger partial charge in [0.05, 0.1) is 10.0 Å². The van der Waals surface area contributed by atoms with Crippen LogP contribution in [0, 0.1) is 5.92 Å². The van der Waals surface area contributed by atoms with E-state index in [4.69, 9.17) is 27.9 Å². The molecule has 0 saturated heterocycles. The number of nitrogens with zero attached hydrogens (tertiary/aromatic N) is 1. The van der Waals surface area contributed by atoms with Crippen LogP contribution >= 0.6 is 23.2 Å². The predicted octanol–water partition coefficient (Wildman–Crippen LogP) is 4.78. The Morgan fingerprint density at radius 3 is 2.39 bits per heavy atom. The summed E-state index contributed by atoms with van der Waals surface area (Å²) >= 11 is 11.8. The Morgan fingerprint density at radius 1 is 1.06 bits per heavy atom. The molecule has 0 spiro atoms. The molecule has 2 amide bonds. The summed E-state index contributed by atoms with van der Waals surface area (Å²) in [5.74, 6) is -0.220. The number of alkyl halides is 3. The number of carbonyl (C=O) groups excluding carboxylic acids is 2. The van der Waals surface area contributed by atoms with Crippen molar-refractivity contribution in [2.75, 3.05) is 6.61 Å². The second-order valence-electron chi connectivity index (χ2n) is 7.75. The maximum absolute atomic E-state index is 12.6. The third-order valence-electron chi connectivity index (χ3n) is 5.31. The van der Waals surface area contributed by atoms with E-state index in [1.165, 1.54) is 12.1 Å². The fourth-order valence-electron chi connectivity index (χ4n) is 3.52. The average molecular weight is 504 g/mol. The zero-order valence-electron chi connectivity index (χ0n) is 17.4. The van der Waals surface area contributed by atoms with E-state index in [-0.39, 0.29) is 36.9 Å². The molecule has 1 heterocycles. The summed E-state index contributed by atoms with van der Waals surface area (Å²) < 4.78 is 43.1. The normalized spacial score (nSPS) is 18.5. The maximum atomic E-state index is 12.6. The summed E-state index contributed by atoms with van der Waals surface area (Å²) in [4.78, 5) is 27.9. The molecule has 3 rings (SSSR count). The van der Waals surface area contributed by atoms with Crippen LogP contribution in [0.25, 0.3) is 0 Å². The lowest BCUT2D eigenvalue weighted by molar-refractivity contribution is -0.141. The molecular formula is C22H22Cl2F3N3O3. The number of hydrogen-bond donors (Lipinski definition) is 2. The second kappa shape index (κ2) is 11.1. The quantitative estimate of drug-likeness (QED) is 0.569. The lowest BCUT2D eigenvalue weighted by atomic mass is 9.85. The summed E-state index contributed by atoms with van der Waals surface area (Å²) in [5.41, 5.74) is -0.486. The van der Waals surface area contributed by atoms with E-state index < -0.39 is 11.9 Å². The number of amides is 2. The summed E-state index contributed by atoms with van der Waals surface area (Å²) in [6.07, 6.45) is -0.927. The number of pyridine rings is 1. The van der Waals surface area contributed by atoms with Crippen LogP contribution < -0.4 is 15.4 Å². The molecule has 1 aliphatic rings. The molecule has 2 N–H and O–H groups in total. The minimum atomic E-state index is -4.49. The highest BCUT2D eigenvalue weighted by Gasteiger charge is 2.32. The fourth-order valence-corrected chi connectivity index (χ4v) is 3.80. The Kier molecular flexibility index (Phi) is 8.42. The molecule has 1 aromatic heterocycles. The molecule has 11 heteroatoms. The standard InChI is InChI=1S/C22H22Cl2F3N3O3/c23-17-7-6-16(9-18(17)24)33-12-20(31)30-15-4-2-14(3-5-15)21(32)29-11-13-1-8-19(28-10-13)22(25,26)27/h1,6-10,14-15H,2-5,11-12H2,(H,29,32)(H,30,31). The Balaban J connectivity index is 1.36.